The zero-order chi connectivity index (χ0) is 17.2. The van der Waals surface area contributed by atoms with E-state index in [9.17, 15) is 4.79 Å². The molecule has 2 aromatic carbocycles. The third kappa shape index (κ3) is 3.42. The molecule has 1 saturated heterocycles. The van der Waals surface area contributed by atoms with Gasteiger partial charge in [-0.25, -0.2) is 4.98 Å². The van der Waals surface area contributed by atoms with Crippen LogP contribution in [0.25, 0.3) is 11.1 Å². The van der Waals surface area contributed by atoms with Crippen LogP contribution in [0.2, 0.25) is 0 Å². The van der Waals surface area contributed by atoms with Crippen molar-refractivity contribution in [1.29, 1.82) is 0 Å². The minimum absolute atomic E-state index is 0.325. The molecule has 0 saturated carbocycles. The summed E-state index contributed by atoms with van der Waals surface area (Å²) in [5, 5.41) is 0. The number of oxazole rings is 1. The number of carbonyl (C=O) groups is 1. The van der Waals surface area contributed by atoms with Gasteiger partial charge in [-0.2, -0.15) is 0 Å². The Morgan fingerprint density at radius 3 is 2.76 bits per heavy atom. The van der Waals surface area contributed by atoms with Gasteiger partial charge in [0.25, 0.3) is 0 Å². The molecule has 0 aliphatic carbocycles. The lowest BCUT2D eigenvalue weighted by Gasteiger charge is -2.31. The van der Waals surface area contributed by atoms with Gasteiger partial charge in [-0.1, -0.05) is 24.3 Å². The lowest BCUT2D eigenvalue weighted by Crippen LogP contribution is -2.34. The summed E-state index contributed by atoms with van der Waals surface area (Å²) in [5.41, 5.74) is 8.81. The van der Waals surface area contributed by atoms with E-state index in [2.05, 4.69) is 9.88 Å². The number of nitrogens with zero attached hydrogens (tertiary/aromatic N) is 2. The minimum atomic E-state index is -0.388. The molecule has 5 nitrogen and oxygen atoms in total. The van der Waals surface area contributed by atoms with Gasteiger partial charge in [0.2, 0.25) is 5.91 Å². The van der Waals surface area contributed by atoms with Crippen LogP contribution in [0.15, 0.2) is 52.9 Å². The first-order chi connectivity index (χ1) is 12.2. The first kappa shape index (κ1) is 15.8. The summed E-state index contributed by atoms with van der Waals surface area (Å²) in [6, 6.07) is 15.4. The van der Waals surface area contributed by atoms with E-state index in [4.69, 9.17) is 10.2 Å². The Kier molecular flexibility index (Phi) is 4.24. The van der Waals surface area contributed by atoms with Crippen molar-refractivity contribution in [3.63, 3.8) is 0 Å². The van der Waals surface area contributed by atoms with Crippen LogP contribution in [0.1, 0.15) is 40.6 Å². The number of carbonyl (C=O) groups excluding carboxylic acids is 1. The number of aromatic nitrogens is 1. The normalized spacial score (nSPS) is 18.5. The molecule has 1 fully saturated rings. The SMILES string of the molecule is NC(=O)c1ccc(CN2CCCC(c3nc4ccccc4o3)C2)cc1. The predicted octanol–water partition coefficient (Wildman–Crippen LogP) is 3.31. The monoisotopic (exact) mass is 335 g/mol. The summed E-state index contributed by atoms with van der Waals surface area (Å²) < 4.78 is 5.96. The van der Waals surface area contributed by atoms with Gasteiger partial charge in [-0.05, 0) is 49.2 Å². The smallest absolute Gasteiger partial charge is 0.248 e. The van der Waals surface area contributed by atoms with Gasteiger partial charge in [-0.3, -0.25) is 9.69 Å². The molecule has 5 heteroatoms. The zero-order valence-electron chi connectivity index (χ0n) is 14.0. The molecular formula is C20H21N3O2. The van der Waals surface area contributed by atoms with E-state index >= 15 is 0 Å². The Morgan fingerprint density at radius 1 is 1.20 bits per heavy atom. The van der Waals surface area contributed by atoms with Crippen molar-refractivity contribution in [2.45, 2.75) is 25.3 Å². The van der Waals surface area contributed by atoms with E-state index in [1.165, 1.54) is 5.56 Å². The number of para-hydroxylation sites is 2. The second-order valence-corrected chi connectivity index (χ2v) is 6.66. The minimum Gasteiger partial charge on any atom is -0.440 e. The summed E-state index contributed by atoms with van der Waals surface area (Å²) in [5.74, 6) is 0.779. The molecule has 1 atom stereocenters. The van der Waals surface area contributed by atoms with Crippen molar-refractivity contribution in [1.82, 2.24) is 9.88 Å². The Labute approximate surface area is 146 Å². The maximum Gasteiger partial charge on any atom is 0.248 e. The maximum absolute atomic E-state index is 11.2. The van der Waals surface area contributed by atoms with Gasteiger partial charge in [0.15, 0.2) is 11.5 Å². The van der Waals surface area contributed by atoms with E-state index in [-0.39, 0.29) is 5.91 Å². The third-order valence-electron chi connectivity index (χ3n) is 4.81. The molecule has 1 aromatic heterocycles. The van der Waals surface area contributed by atoms with Crippen LogP contribution in [0.4, 0.5) is 0 Å². The highest BCUT2D eigenvalue weighted by atomic mass is 16.3. The maximum atomic E-state index is 11.2. The number of nitrogens with two attached hydrogens (primary N) is 1. The molecule has 1 unspecified atom stereocenters. The summed E-state index contributed by atoms with van der Waals surface area (Å²) in [6.45, 7) is 2.86. The van der Waals surface area contributed by atoms with Crippen molar-refractivity contribution in [3.8, 4) is 0 Å². The number of hydrogen-bond acceptors (Lipinski definition) is 4. The van der Waals surface area contributed by atoms with Gasteiger partial charge >= 0.3 is 0 Å². The van der Waals surface area contributed by atoms with E-state index < -0.39 is 0 Å². The lowest BCUT2D eigenvalue weighted by molar-refractivity contribution is 0.1000. The summed E-state index contributed by atoms with van der Waals surface area (Å²) in [6.07, 6.45) is 2.23. The fourth-order valence-electron chi connectivity index (χ4n) is 3.50. The summed E-state index contributed by atoms with van der Waals surface area (Å²) >= 11 is 0. The first-order valence-electron chi connectivity index (χ1n) is 8.65. The van der Waals surface area contributed by atoms with Gasteiger partial charge in [0.05, 0.1) is 0 Å². The quantitative estimate of drug-likeness (QED) is 0.794. The fraction of sp³-hybridized carbons (Fsp3) is 0.300. The Morgan fingerprint density at radius 2 is 2.00 bits per heavy atom. The molecule has 0 radical (unpaired) electrons. The second-order valence-electron chi connectivity index (χ2n) is 6.66. The molecule has 2 heterocycles. The van der Waals surface area contributed by atoms with Crippen LogP contribution in [-0.2, 0) is 6.54 Å². The summed E-state index contributed by atoms with van der Waals surface area (Å²) in [7, 11) is 0. The van der Waals surface area contributed by atoms with Gasteiger partial charge in [0, 0.05) is 24.6 Å². The van der Waals surface area contributed by atoms with E-state index in [1.807, 2.05) is 36.4 Å². The molecular weight excluding hydrogens is 314 g/mol. The number of amides is 1. The number of hydrogen-bond donors (Lipinski definition) is 1. The van der Waals surface area contributed by atoms with Crippen LogP contribution < -0.4 is 5.73 Å². The number of likely N-dealkylation sites (tertiary alicyclic amines) is 1. The lowest BCUT2D eigenvalue weighted by atomic mass is 9.97. The topological polar surface area (TPSA) is 72.4 Å². The third-order valence-corrected chi connectivity index (χ3v) is 4.81. The Hall–Kier alpha value is -2.66. The van der Waals surface area contributed by atoms with Gasteiger partial charge < -0.3 is 10.2 Å². The average molecular weight is 335 g/mol. The molecule has 0 bridgehead atoms. The molecule has 2 N–H and O–H groups in total. The number of rotatable bonds is 4. The Bertz CT molecular complexity index is 852. The second kappa shape index (κ2) is 6.69. The molecule has 3 aromatic rings. The Balaban J connectivity index is 1.46. The average Bonchev–Trinajstić information content (AvgIpc) is 3.07. The number of primary amides is 1. The van der Waals surface area contributed by atoms with E-state index in [0.29, 0.717) is 11.5 Å². The number of benzene rings is 2. The van der Waals surface area contributed by atoms with Crippen LogP contribution in [0.3, 0.4) is 0 Å². The molecule has 1 aliphatic heterocycles. The van der Waals surface area contributed by atoms with Crippen LogP contribution in [0, 0.1) is 0 Å². The summed E-state index contributed by atoms with van der Waals surface area (Å²) in [4.78, 5) is 18.3. The van der Waals surface area contributed by atoms with Crippen molar-refractivity contribution < 1.29 is 9.21 Å². The van der Waals surface area contributed by atoms with Crippen LogP contribution >= 0.6 is 0 Å². The van der Waals surface area contributed by atoms with Crippen LogP contribution in [-0.4, -0.2) is 28.9 Å². The highest BCUT2D eigenvalue weighted by Crippen LogP contribution is 2.29. The predicted molar refractivity (Wildman–Crippen MR) is 96.2 cm³/mol. The highest BCUT2D eigenvalue weighted by molar-refractivity contribution is 5.92. The van der Waals surface area contributed by atoms with Gasteiger partial charge in [0.1, 0.15) is 5.52 Å². The molecule has 128 valence electrons. The standard InChI is InChI=1S/C20H21N3O2/c21-19(24)15-9-7-14(8-10-15)12-23-11-3-4-16(13-23)20-22-17-5-1-2-6-18(17)25-20/h1-2,5-10,16H,3-4,11-13H2,(H2,21,24). The molecule has 0 spiro atoms. The van der Waals surface area contributed by atoms with E-state index in [0.717, 1.165) is 49.5 Å². The molecule has 1 amide bonds. The van der Waals surface area contributed by atoms with Gasteiger partial charge in [-0.15, -0.1) is 0 Å². The number of fused-ring (bicyclic) bond motifs is 1. The fourth-order valence-corrected chi connectivity index (χ4v) is 3.50. The zero-order valence-corrected chi connectivity index (χ0v) is 14.0. The van der Waals surface area contributed by atoms with Crippen LogP contribution in [0.5, 0.6) is 0 Å². The van der Waals surface area contributed by atoms with Crippen molar-refractivity contribution in [3.05, 3.63) is 65.5 Å². The number of piperidine rings is 1. The van der Waals surface area contributed by atoms with Crippen molar-refractivity contribution in [2.75, 3.05) is 13.1 Å². The molecule has 1 aliphatic rings. The largest absolute Gasteiger partial charge is 0.440 e. The molecule has 4 rings (SSSR count). The van der Waals surface area contributed by atoms with E-state index in [1.54, 1.807) is 12.1 Å². The van der Waals surface area contributed by atoms with Crippen molar-refractivity contribution >= 4 is 17.0 Å². The highest BCUT2D eigenvalue weighted by Gasteiger charge is 2.25. The first-order valence-corrected chi connectivity index (χ1v) is 8.65. The molecule has 25 heavy (non-hydrogen) atoms. The van der Waals surface area contributed by atoms with Crippen molar-refractivity contribution in [2.24, 2.45) is 5.73 Å².